The van der Waals surface area contributed by atoms with Crippen molar-refractivity contribution in [2.45, 2.75) is 11.6 Å². The van der Waals surface area contributed by atoms with Crippen LogP contribution in [0.25, 0.3) is 6.08 Å². The zero-order valence-corrected chi connectivity index (χ0v) is 9.08. The lowest BCUT2D eigenvalue weighted by Crippen LogP contribution is -2.52. The molecule has 2 nitrogen and oxygen atoms in total. The molecular weight excluding hydrogens is 196 g/mol. The van der Waals surface area contributed by atoms with E-state index in [4.69, 9.17) is 11.5 Å². The van der Waals surface area contributed by atoms with Gasteiger partial charge in [-0.1, -0.05) is 66.8 Å². The normalized spacial score (nSPS) is 28.8. The van der Waals surface area contributed by atoms with Gasteiger partial charge in [0.25, 0.3) is 0 Å². The molecule has 0 saturated heterocycles. The topological polar surface area (TPSA) is 52.0 Å². The number of hydrogen-bond acceptors (Lipinski definition) is 2. The number of rotatable bonds is 2. The van der Waals surface area contributed by atoms with E-state index < -0.39 is 5.54 Å². The van der Waals surface area contributed by atoms with Crippen LogP contribution in [0.15, 0.2) is 60.7 Å². The molecule has 1 aliphatic rings. The van der Waals surface area contributed by atoms with E-state index in [0.29, 0.717) is 0 Å². The van der Waals surface area contributed by atoms with Crippen LogP contribution in [0.1, 0.15) is 5.56 Å². The molecule has 2 rings (SSSR count). The van der Waals surface area contributed by atoms with Gasteiger partial charge in [0.15, 0.2) is 0 Å². The molecule has 1 aromatic rings. The summed E-state index contributed by atoms with van der Waals surface area (Å²) in [6, 6.07) is 9.89. The second-order valence-corrected chi connectivity index (χ2v) is 4.01. The van der Waals surface area contributed by atoms with Crippen LogP contribution in [0.4, 0.5) is 0 Å². The Hall–Kier alpha value is -1.64. The Bertz CT molecular complexity index is 431. The largest absolute Gasteiger partial charge is 0.322 e. The zero-order chi connectivity index (χ0) is 11.4. The van der Waals surface area contributed by atoms with Crippen LogP contribution >= 0.6 is 0 Å². The summed E-state index contributed by atoms with van der Waals surface area (Å²) in [6.45, 7) is 0. The van der Waals surface area contributed by atoms with Gasteiger partial charge in [-0.05, 0) is 5.56 Å². The highest BCUT2D eigenvalue weighted by atomic mass is 14.8. The first-order valence-electron chi connectivity index (χ1n) is 5.35. The summed E-state index contributed by atoms with van der Waals surface area (Å²) in [5, 5.41) is 0. The van der Waals surface area contributed by atoms with E-state index in [1.807, 2.05) is 66.8 Å². The summed E-state index contributed by atoms with van der Waals surface area (Å²) < 4.78 is 0. The number of nitrogens with two attached hydrogens (primary N) is 2. The maximum absolute atomic E-state index is 6.20. The molecule has 0 heterocycles. The predicted molar refractivity (Wildman–Crippen MR) is 68.6 cm³/mol. The quantitative estimate of drug-likeness (QED) is 0.786. The van der Waals surface area contributed by atoms with Gasteiger partial charge in [0.05, 0.1) is 5.54 Å². The molecule has 0 bridgehead atoms. The van der Waals surface area contributed by atoms with Gasteiger partial charge >= 0.3 is 0 Å². The Balaban J connectivity index is 2.18. The summed E-state index contributed by atoms with van der Waals surface area (Å²) in [5.41, 5.74) is 12.7. The van der Waals surface area contributed by atoms with E-state index in [1.165, 1.54) is 0 Å². The monoisotopic (exact) mass is 212 g/mol. The van der Waals surface area contributed by atoms with Crippen molar-refractivity contribution in [3.63, 3.8) is 0 Å². The highest BCUT2D eigenvalue weighted by Gasteiger charge is 2.25. The molecule has 0 aromatic heterocycles. The molecule has 0 saturated carbocycles. The Morgan fingerprint density at radius 1 is 1.12 bits per heavy atom. The minimum atomic E-state index is -0.579. The molecular formula is C14H16N2. The first kappa shape index (κ1) is 10.9. The molecule has 0 amide bonds. The van der Waals surface area contributed by atoms with E-state index in [9.17, 15) is 0 Å². The van der Waals surface area contributed by atoms with Gasteiger partial charge in [-0.15, -0.1) is 0 Å². The number of hydrogen-bond donors (Lipinski definition) is 2. The van der Waals surface area contributed by atoms with Gasteiger partial charge in [-0.2, -0.15) is 0 Å². The summed E-state index contributed by atoms with van der Waals surface area (Å²) in [4.78, 5) is 0. The van der Waals surface area contributed by atoms with Crippen LogP contribution in [0.5, 0.6) is 0 Å². The fourth-order valence-electron chi connectivity index (χ4n) is 1.66. The smallest absolute Gasteiger partial charge is 0.0721 e. The minimum absolute atomic E-state index is 0.169. The minimum Gasteiger partial charge on any atom is -0.322 e. The molecule has 16 heavy (non-hydrogen) atoms. The molecule has 2 unspecified atom stereocenters. The average Bonchev–Trinajstić information content (AvgIpc) is 2.32. The SMILES string of the molecule is NC1C=CC=CC1(N)C=Cc1ccccc1. The van der Waals surface area contributed by atoms with Crippen molar-refractivity contribution in [1.29, 1.82) is 0 Å². The van der Waals surface area contributed by atoms with Crippen LogP contribution in [0.3, 0.4) is 0 Å². The summed E-state index contributed by atoms with van der Waals surface area (Å²) in [6.07, 6.45) is 11.6. The fraction of sp³-hybridized carbons (Fsp3) is 0.143. The molecule has 0 fully saturated rings. The third-order valence-corrected chi connectivity index (χ3v) is 2.76. The van der Waals surface area contributed by atoms with Gasteiger partial charge in [0, 0.05) is 6.04 Å². The third kappa shape index (κ3) is 2.30. The van der Waals surface area contributed by atoms with Crippen LogP contribution < -0.4 is 11.5 Å². The highest BCUT2D eigenvalue weighted by molar-refractivity contribution is 5.53. The van der Waals surface area contributed by atoms with Gasteiger partial charge in [0.1, 0.15) is 0 Å². The van der Waals surface area contributed by atoms with Crippen molar-refractivity contribution in [2.75, 3.05) is 0 Å². The van der Waals surface area contributed by atoms with E-state index in [0.717, 1.165) is 5.56 Å². The van der Waals surface area contributed by atoms with E-state index in [-0.39, 0.29) is 6.04 Å². The van der Waals surface area contributed by atoms with E-state index >= 15 is 0 Å². The maximum atomic E-state index is 6.20. The number of benzene rings is 1. The third-order valence-electron chi connectivity index (χ3n) is 2.76. The first-order valence-corrected chi connectivity index (χ1v) is 5.35. The van der Waals surface area contributed by atoms with Crippen LogP contribution in [-0.2, 0) is 0 Å². The standard InChI is InChI=1S/C14H16N2/c15-13-8-4-5-10-14(13,16)11-9-12-6-2-1-3-7-12/h1-11,13H,15-16H2. The van der Waals surface area contributed by atoms with Gasteiger partial charge in [-0.3, -0.25) is 0 Å². The summed E-state index contributed by atoms with van der Waals surface area (Å²) >= 11 is 0. The zero-order valence-electron chi connectivity index (χ0n) is 9.08. The molecule has 1 aliphatic carbocycles. The van der Waals surface area contributed by atoms with Crippen molar-refractivity contribution in [3.8, 4) is 0 Å². The van der Waals surface area contributed by atoms with E-state index in [1.54, 1.807) is 0 Å². The summed E-state index contributed by atoms with van der Waals surface area (Å²) in [5.74, 6) is 0. The second-order valence-electron chi connectivity index (χ2n) is 4.01. The molecule has 2 heteroatoms. The van der Waals surface area contributed by atoms with Gasteiger partial charge < -0.3 is 11.5 Å². The molecule has 0 radical (unpaired) electrons. The predicted octanol–water partition coefficient (Wildman–Crippen LogP) is 1.85. The Morgan fingerprint density at radius 2 is 1.88 bits per heavy atom. The van der Waals surface area contributed by atoms with E-state index in [2.05, 4.69) is 0 Å². The lowest BCUT2D eigenvalue weighted by atomic mass is 9.87. The van der Waals surface area contributed by atoms with Crippen LogP contribution in [0.2, 0.25) is 0 Å². The maximum Gasteiger partial charge on any atom is 0.0721 e. The van der Waals surface area contributed by atoms with Crippen molar-refractivity contribution >= 4 is 6.08 Å². The molecule has 1 aromatic carbocycles. The molecule has 0 aliphatic heterocycles. The second kappa shape index (κ2) is 4.47. The van der Waals surface area contributed by atoms with Crippen LogP contribution in [0, 0.1) is 0 Å². The summed E-state index contributed by atoms with van der Waals surface area (Å²) in [7, 11) is 0. The van der Waals surface area contributed by atoms with Crippen LogP contribution in [-0.4, -0.2) is 11.6 Å². The highest BCUT2D eigenvalue weighted by Crippen LogP contribution is 2.17. The van der Waals surface area contributed by atoms with Crippen molar-refractivity contribution < 1.29 is 0 Å². The lowest BCUT2D eigenvalue weighted by Gasteiger charge is -2.29. The van der Waals surface area contributed by atoms with Crippen molar-refractivity contribution in [1.82, 2.24) is 0 Å². The Kier molecular flexibility index (Phi) is 3.04. The van der Waals surface area contributed by atoms with Gasteiger partial charge in [0.2, 0.25) is 0 Å². The first-order chi connectivity index (χ1) is 7.71. The molecule has 82 valence electrons. The van der Waals surface area contributed by atoms with Crippen molar-refractivity contribution in [2.24, 2.45) is 11.5 Å². The Labute approximate surface area is 96.0 Å². The fourth-order valence-corrected chi connectivity index (χ4v) is 1.66. The van der Waals surface area contributed by atoms with Gasteiger partial charge in [-0.25, -0.2) is 0 Å². The molecule has 2 atom stereocenters. The van der Waals surface area contributed by atoms with Crippen molar-refractivity contribution in [3.05, 3.63) is 66.3 Å². The molecule has 4 N–H and O–H groups in total. The molecule has 0 spiro atoms. The lowest BCUT2D eigenvalue weighted by molar-refractivity contribution is 0.573. The average molecular weight is 212 g/mol. The Morgan fingerprint density at radius 3 is 2.56 bits per heavy atom. The number of allylic oxidation sites excluding steroid dienone is 2.